The topological polar surface area (TPSA) is 89.9 Å². The molecule has 1 saturated heterocycles. The van der Waals surface area contributed by atoms with Crippen LogP contribution in [-0.4, -0.2) is 50.1 Å². The maximum atomic E-state index is 12.9. The zero-order chi connectivity index (χ0) is 15.7. The minimum Gasteiger partial charge on any atom is -0.338 e. The fourth-order valence-corrected chi connectivity index (χ4v) is 2.84. The predicted molar refractivity (Wildman–Crippen MR) is 81.4 cm³/mol. The van der Waals surface area contributed by atoms with Gasteiger partial charge in [0.1, 0.15) is 6.33 Å². The smallest absolute Gasteiger partial charge is 0.256 e. The average Bonchev–Trinajstić information content (AvgIpc) is 3.03. The molecule has 116 valence electrons. The lowest BCUT2D eigenvalue weighted by atomic mass is 9.79. The molecule has 2 aromatic rings. The normalized spacial score (nSPS) is 20.9. The maximum absolute atomic E-state index is 12.9. The fraction of sp³-hybridized carbons (Fsp3) is 0.467. The third-order valence-corrected chi connectivity index (χ3v) is 4.33. The SMILES string of the molecule is CC1(C)CN(C(=O)c2ccccc2-n2cnnn2)CCC1N. The minimum absolute atomic E-state index is 0.00826. The predicted octanol–water partition coefficient (Wildman–Crippen LogP) is 0.862. The summed E-state index contributed by atoms with van der Waals surface area (Å²) in [5.74, 6) is -0.00826. The molecule has 7 heteroatoms. The summed E-state index contributed by atoms with van der Waals surface area (Å²) in [6.45, 7) is 5.53. The number of carbonyl (C=O) groups is 1. The summed E-state index contributed by atoms with van der Waals surface area (Å²) in [5, 5.41) is 11.2. The maximum Gasteiger partial charge on any atom is 0.256 e. The highest BCUT2D eigenvalue weighted by molar-refractivity contribution is 5.97. The van der Waals surface area contributed by atoms with E-state index in [1.165, 1.54) is 11.0 Å². The van der Waals surface area contributed by atoms with Gasteiger partial charge in [-0.3, -0.25) is 4.79 Å². The van der Waals surface area contributed by atoms with Gasteiger partial charge in [-0.2, -0.15) is 4.68 Å². The van der Waals surface area contributed by atoms with Gasteiger partial charge in [-0.15, -0.1) is 5.10 Å². The largest absolute Gasteiger partial charge is 0.338 e. The number of nitrogens with zero attached hydrogens (tertiary/aromatic N) is 5. The number of tetrazole rings is 1. The highest BCUT2D eigenvalue weighted by Crippen LogP contribution is 2.29. The summed E-state index contributed by atoms with van der Waals surface area (Å²) in [6, 6.07) is 7.48. The van der Waals surface area contributed by atoms with E-state index in [2.05, 4.69) is 29.4 Å². The molecule has 7 nitrogen and oxygen atoms in total. The summed E-state index contributed by atoms with van der Waals surface area (Å²) in [7, 11) is 0. The van der Waals surface area contributed by atoms with Gasteiger partial charge < -0.3 is 10.6 Å². The second-order valence-electron chi connectivity index (χ2n) is 6.38. The lowest BCUT2D eigenvalue weighted by molar-refractivity contribution is 0.0533. The molecule has 1 fully saturated rings. The Balaban J connectivity index is 1.91. The number of piperidine rings is 1. The molecule has 1 aromatic heterocycles. The van der Waals surface area contributed by atoms with Crippen LogP contribution in [0.2, 0.25) is 0 Å². The van der Waals surface area contributed by atoms with Crippen molar-refractivity contribution >= 4 is 5.91 Å². The van der Waals surface area contributed by atoms with Gasteiger partial charge in [-0.1, -0.05) is 26.0 Å². The first-order valence-corrected chi connectivity index (χ1v) is 7.36. The summed E-state index contributed by atoms with van der Waals surface area (Å²) in [4.78, 5) is 14.8. The van der Waals surface area contributed by atoms with Gasteiger partial charge in [0.2, 0.25) is 0 Å². The van der Waals surface area contributed by atoms with E-state index in [1.807, 2.05) is 23.1 Å². The standard InChI is InChI=1S/C15H20N6O/c1-15(2)9-20(8-7-13(15)16)14(22)11-5-3-4-6-12(11)21-10-17-18-19-21/h3-6,10,13H,7-9,16H2,1-2H3. The van der Waals surface area contributed by atoms with E-state index in [9.17, 15) is 4.79 Å². The Morgan fingerprint density at radius 1 is 1.36 bits per heavy atom. The van der Waals surface area contributed by atoms with Crippen LogP contribution in [-0.2, 0) is 0 Å². The van der Waals surface area contributed by atoms with Crippen LogP contribution in [0.25, 0.3) is 5.69 Å². The molecular weight excluding hydrogens is 280 g/mol. The molecular formula is C15H20N6O. The Hall–Kier alpha value is -2.28. The first-order chi connectivity index (χ1) is 10.5. The molecule has 0 spiro atoms. The van der Waals surface area contributed by atoms with Crippen LogP contribution in [0.4, 0.5) is 0 Å². The molecule has 22 heavy (non-hydrogen) atoms. The number of para-hydroxylation sites is 1. The molecule has 0 radical (unpaired) electrons. The molecule has 1 aromatic carbocycles. The summed E-state index contributed by atoms with van der Waals surface area (Å²) < 4.78 is 1.51. The third kappa shape index (κ3) is 2.59. The number of aromatic nitrogens is 4. The Morgan fingerprint density at radius 2 is 2.14 bits per heavy atom. The van der Waals surface area contributed by atoms with Gasteiger partial charge in [0, 0.05) is 19.1 Å². The Labute approximate surface area is 129 Å². The summed E-state index contributed by atoms with van der Waals surface area (Å²) in [5.41, 5.74) is 7.35. The van der Waals surface area contributed by atoms with Gasteiger partial charge in [0.05, 0.1) is 11.3 Å². The summed E-state index contributed by atoms with van der Waals surface area (Å²) >= 11 is 0. The van der Waals surface area contributed by atoms with Crippen molar-refractivity contribution < 1.29 is 4.79 Å². The van der Waals surface area contributed by atoms with Crippen LogP contribution >= 0.6 is 0 Å². The Bertz CT molecular complexity index is 666. The van der Waals surface area contributed by atoms with E-state index in [0.29, 0.717) is 24.3 Å². The Kier molecular flexibility index (Phi) is 3.66. The Morgan fingerprint density at radius 3 is 2.82 bits per heavy atom. The van der Waals surface area contributed by atoms with Gasteiger partial charge in [-0.05, 0) is 34.4 Å². The van der Waals surface area contributed by atoms with Crippen molar-refractivity contribution in [3.63, 3.8) is 0 Å². The third-order valence-electron chi connectivity index (χ3n) is 4.33. The number of nitrogens with two attached hydrogens (primary N) is 1. The fourth-order valence-electron chi connectivity index (χ4n) is 2.84. The zero-order valence-corrected chi connectivity index (χ0v) is 12.8. The van der Waals surface area contributed by atoms with Crippen LogP contribution in [0.15, 0.2) is 30.6 Å². The quantitative estimate of drug-likeness (QED) is 0.888. The highest BCUT2D eigenvalue weighted by atomic mass is 16.2. The van der Waals surface area contributed by atoms with Crippen molar-refractivity contribution in [1.82, 2.24) is 25.1 Å². The van der Waals surface area contributed by atoms with E-state index >= 15 is 0 Å². The summed E-state index contributed by atoms with van der Waals surface area (Å²) in [6.07, 6.45) is 2.30. The van der Waals surface area contributed by atoms with Crippen LogP contribution < -0.4 is 5.73 Å². The van der Waals surface area contributed by atoms with Crippen LogP contribution in [0.3, 0.4) is 0 Å². The lowest BCUT2D eigenvalue weighted by Crippen LogP contribution is -2.54. The number of benzene rings is 1. The second kappa shape index (κ2) is 5.49. The highest BCUT2D eigenvalue weighted by Gasteiger charge is 2.36. The van der Waals surface area contributed by atoms with E-state index in [0.717, 1.165) is 6.42 Å². The van der Waals surface area contributed by atoms with E-state index in [-0.39, 0.29) is 17.4 Å². The van der Waals surface area contributed by atoms with Crippen molar-refractivity contribution in [2.75, 3.05) is 13.1 Å². The average molecular weight is 300 g/mol. The number of hydrogen-bond acceptors (Lipinski definition) is 5. The molecule has 2 heterocycles. The van der Waals surface area contributed by atoms with E-state index in [4.69, 9.17) is 5.73 Å². The van der Waals surface area contributed by atoms with Crippen molar-refractivity contribution in [2.24, 2.45) is 11.1 Å². The first kappa shape index (κ1) is 14.6. The van der Waals surface area contributed by atoms with Crippen LogP contribution in [0, 0.1) is 5.41 Å². The molecule has 1 aliphatic rings. The monoisotopic (exact) mass is 300 g/mol. The molecule has 0 saturated carbocycles. The van der Waals surface area contributed by atoms with Gasteiger partial charge in [0.15, 0.2) is 0 Å². The molecule has 1 unspecified atom stereocenters. The number of likely N-dealkylation sites (tertiary alicyclic amines) is 1. The molecule has 3 rings (SSSR count). The number of rotatable bonds is 2. The second-order valence-corrected chi connectivity index (χ2v) is 6.38. The molecule has 1 aliphatic heterocycles. The molecule has 1 atom stereocenters. The number of carbonyl (C=O) groups excluding carboxylic acids is 1. The minimum atomic E-state index is -0.0857. The molecule has 0 aliphatic carbocycles. The van der Waals surface area contributed by atoms with Crippen molar-refractivity contribution in [2.45, 2.75) is 26.3 Å². The van der Waals surface area contributed by atoms with Crippen molar-refractivity contribution in [3.8, 4) is 5.69 Å². The number of hydrogen-bond donors (Lipinski definition) is 1. The molecule has 1 amide bonds. The first-order valence-electron chi connectivity index (χ1n) is 7.36. The zero-order valence-electron chi connectivity index (χ0n) is 12.8. The van der Waals surface area contributed by atoms with Gasteiger partial charge in [-0.25, -0.2) is 0 Å². The van der Waals surface area contributed by atoms with Crippen molar-refractivity contribution in [3.05, 3.63) is 36.2 Å². The molecule has 0 bridgehead atoms. The van der Waals surface area contributed by atoms with Gasteiger partial charge >= 0.3 is 0 Å². The van der Waals surface area contributed by atoms with E-state index < -0.39 is 0 Å². The van der Waals surface area contributed by atoms with Crippen LogP contribution in [0.1, 0.15) is 30.6 Å². The van der Waals surface area contributed by atoms with Gasteiger partial charge in [0.25, 0.3) is 5.91 Å². The van der Waals surface area contributed by atoms with E-state index in [1.54, 1.807) is 6.07 Å². The van der Waals surface area contributed by atoms with Crippen LogP contribution in [0.5, 0.6) is 0 Å². The lowest BCUT2D eigenvalue weighted by Gasteiger charge is -2.42. The van der Waals surface area contributed by atoms with Crippen molar-refractivity contribution in [1.29, 1.82) is 0 Å². The number of amides is 1. The molecule has 2 N–H and O–H groups in total.